The van der Waals surface area contributed by atoms with E-state index in [0.29, 0.717) is 42.6 Å². The fourth-order valence-corrected chi connectivity index (χ4v) is 3.12. The van der Waals surface area contributed by atoms with Crippen molar-refractivity contribution < 1.29 is 14.5 Å². The number of ketones is 1. The van der Waals surface area contributed by atoms with Gasteiger partial charge in [-0.1, -0.05) is 12.1 Å². The van der Waals surface area contributed by atoms with Crippen LogP contribution in [0.1, 0.15) is 30.9 Å². The molecule has 1 aromatic rings. The lowest BCUT2D eigenvalue weighted by Crippen LogP contribution is -2.28. The van der Waals surface area contributed by atoms with E-state index in [0.717, 1.165) is 5.56 Å². The fraction of sp³-hybridized carbons (Fsp3) is 0.333. The zero-order valence-electron chi connectivity index (χ0n) is 11.6. The molecule has 1 heterocycles. The second-order valence-electron chi connectivity index (χ2n) is 5.26. The molecule has 0 radical (unpaired) electrons. The number of Topliss-reactive ketones (excluding diaryl/α,β-unsaturated/α-hetero) is 1. The second-order valence-corrected chi connectivity index (χ2v) is 5.26. The zero-order chi connectivity index (χ0) is 15.1. The van der Waals surface area contributed by atoms with Gasteiger partial charge in [-0.05, 0) is 12.0 Å². The summed E-state index contributed by atoms with van der Waals surface area (Å²) in [5, 5.41) is 11.2. The zero-order valence-corrected chi connectivity index (χ0v) is 11.6. The lowest BCUT2D eigenvalue weighted by Gasteiger charge is -2.21. The Morgan fingerprint density at radius 2 is 2.14 bits per heavy atom. The van der Waals surface area contributed by atoms with Crippen molar-refractivity contribution in [2.75, 3.05) is 6.54 Å². The first kappa shape index (κ1) is 13.5. The van der Waals surface area contributed by atoms with Gasteiger partial charge in [0.2, 0.25) is 5.91 Å². The SMILES string of the molecule is CC(=O)N1CCCC(=O)C2=C1Cc1cccc([N+](=O)[O-])c12. The van der Waals surface area contributed by atoms with E-state index in [-0.39, 0.29) is 17.4 Å². The highest BCUT2D eigenvalue weighted by molar-refractivity contribution is 6.24. The summed E-state index contributed by atoms with van der Waals surface area (Å²) in [5.41, 5.74) is 2.07. The number of carbonyl (C=O) groups excluding carboxylic acids is 2. The minimum absolute atomic E-state index is 0.0590. The van der Waals surface area contributed by atoms with Crippen molar-refractivity contribution in [3.05, 3.63) is 45.1 Å². The third-order valence-electron chi connectivity index (χ3n) is 3.99. The molecule has 0 spiro atoms. The Morgan fingerprint density at radius 3 is 2.81 bits per heavy atom. The summed E-state index contributed by atoms with van der Waals surface area (Å²) in [5.74, 6) is -0.241. The molecule has 0 fully saturated rings. The quantitative estimate of drug-likeness (QED) is 0.584. The van der Waals surface area contributed by atoms with Gasteiger partial charge in [-0.3, -0.25) is 19.7 Å². The van der Waals surface area contributed by atoms with Crippen molar-refractivity contribution in [3.8, 4) is 0 Å². The predicted octanol–water partition coefficient (Wildman–Crippen LogP) is 2.07. The maximum Gasteiger partial charge on any atom is 0.277 e. The van der Waals surface area contributed by atoms with Gasteiger partial charge in [-0.2, -0.15) is 0 Å². The van der Waals surface area contributed by atoms with Crippen LogP contribution in [0.2, 0.25) is 0 Å². The lowest BCUT2D eigenvalue weighted by molar-refractivity contribution is -0.385. The molecule has 2 aliphatic rings. The summed E-state index contributed by atoms with van der Waals surface area (Å²) in [6.07, 6.45) is 1.30. The highest BCUT2D eigenvalue weighted by Gasteiger charge is 2.37. The summed E-state index contributed by atoms with van der Waals surface area (Å²) >= 11 is 0. The first-order chi connectivity index (χ1) is 10.0. The smallest absolute Gasteiger partial charge is 0.277 e. The van der Waals surface area contributed by atoms with Crippen molar-refractivity contribution in [1.82, 2.24) is 4.90 Å². The van der Waals surface area contributed by atoms with Crippen molar-refractivity contribution in [1.29, 1.82) is 0 Å². The molecule has 3 rings (SSSR count). The molecule has 1 aromatic carbocycles. The van der Waals surface area contributed by atoms with Crippen LogP contribution < -0.4 is 0 Å². The molecule has 6 heteroatoms. The number of nitro benzene ring substituents is 1. The molecule has 6 nitrogen and oxygen atoms in total. The van der Waals surface area contributed by atoms with Crippen LogP contribution in [0, 0.1) is 10.1 Å². The standard InChI is InChI=1S/C15H14N2O4/c1-9(18)16-7-3-6-13(19)15-12(16)8-10-4-2-5-11(14(10)15)17(20)21/h2,4-5H,3,6-8H2,1H3. The number of amides is 1. The summed E-state index contributed by atoms with van der Waals surface area (Å²) in [4.78, 5) is 36.6. The van der Waals surface area contributed by atoms with Gasteiger partial charge in [0.05, 0.1) is 16.1 Å². The third kappa shape index (κ3) is 2.03. The van der Waals surface area contributed by atoms with Crippen LogP contribution in [0.3, 0.4) is 0 Å². The minimum Gasteiger partial charge on any atom is -0.315 e. The maximum absolute atomic E-state index is 12.4. The average Bonchev–Trinajstić information content (AvgIpc) is 2.73. The molecule has 0 saturated heterocycles. The van der Waals surface area contributed by atoms with Gasteiger partial charge < -0.3 is 4.90 Å². The van der Waals surface area contributed by atoms with Gasteiger partial charge >= 0.3 is 0 Å². The highest BCUT2D eigenvalue weighted by atomic mass is 16.6. The predicted molar refractivity (Wildman–Crippen MR) is 75.3 cm³/mol. The number of fused-ring (bicyclic) bond motifs is 2. The average molecular weight is 286 g/mol. The Labute approximate surface area is 121 Å². The molecule has 0 saturated carbocycles. The van der Waals surface area contributed by atoms with Crippen LogP contribution in [0.25, 0.3) is 5.57 Å². The monoisotopic (exact) mass is 286 g/mol. The van der Waals surface area contributed by atoms with Crippen LogP contribution in [-0.2, 0) is 16.0 Å². The topological polar surface area (TPSA) is 80.5 Å². The molecular formula is C15H14N2O4. The number of benzene rings is 1. The molecule has 0 bridgehead atoms. The molecule has 1 aliphatic carbocycles. The van der Waals surface area contributed by atoms with Gasteiger partial charge in [0.15, 0.2) is 5.78 Å². The molecule has 1 amide bonds. The van der Waals surface area contributed by atoms with Gasteiger partial charge in [0.25, 0.3) is 5.69 Å². The van der Waals surface area contributed by atoms with E-state index in [1.807, 2.05) is 0 Å². The Balaban J connectivity index is 2.24. The van der Waals surface area contributed by atoms with E-state index in [2.05, 4.69) is 0 Å². The van der Waals surface area contributed by atoms with E-state index in [1.54, 1.807) is 17.0 Å². The van der Waals surface area contributed by atoms with E-state index >= 15 is 0 Å². The number of carbonyl (C=O) groups is 2. The van der Waals surface area contributed by atoms with Crippen LogP contribution in [0.4, 0.5) is 5.69 Å². The van der Waals surface area contributed by atoms with E-state index < -0.39 is 4.92 Å². The normalized spacial score (nSPS) is 17.4. The Kier molecular flexibility index (Phi) is 3.08. The maximum atomic E-state index is 12.4. The van der Waals surface area contributed by atoms with Gasteiger partial charge in [0.1, 0.15) is 0 Å². The van der Waals surface area contributed by atoms with Gasteiger partial charge in [-0.15, -0.1) is 0 Å². The van der Waals surface area contributed by atoms with Crippen LogP contribution in [0.15, 0.2) is 23.9 Å². The molecule has 1 aliphatic heterocycles. The largest absolute Gasteiger partial charge is 0.315 e. The molecule has 108 valence electrons. The van der Waals surface area contributed by atoms with Gasteiger partial charge in [-0.25, -0.2) is 0 Å². The summed E-state index contributed by atoms with van der Waals surface area (Å²) in [7, 11) is 0. The minimum atomic E-state index is -0.467. The Bertz CT molecular complexity index is 706. The van der Waals surface area contributed by atoms with Crippen LogP contribution in [0.5, 0.6) is 0 Å². The number of allylic oxidation sites excluding steroid dienone is 2. The molecule has 0 aromatic heterocycles. The number of nitro groups is 1. The number of hydrogen-bond donors (Lipinski definition) is 0. The van der Waals surface area contributed by atoms with Crippen molar-refractivity contribution >= 4 is 23.0 Å². The summed E-state index contributed by atoms with van der Waals surface area (Å²) < 4.78 is 0. The lowest BCUT2D eigenvalue weighted by atomic mass is 9.98. The Hall–Kier alpha value is -2.50. The first-order valence-electron chi connectivity index (χ1n) is 6.82. The van der Waals surface area contributed by atoms with Crippen molar-refractivity contribution in [2.24, 2.45) is 0 Å². The Morgan fingerprint density at radius 1 is 1.38 bits per heavy atom. The highest BCUT2D eigenvalue weighted by Crippen LogP contribution is 2.42. The van der Waals surface area contributed by atoms with Gasteiger partial charge in [0, 0.05) is 38.1 Å². The molecule has 0 atom stereocenters. The van der Waals surface area contributed by atoms with E-state index in [1.165, 1.54) is 13.0 Å². The number of rotatable bonds is 1. The molecule has 0 N–H and O–H groups in total. The second kappa shape index (κ2) is 4.80. The summed E-state index contributed by atoms with van der Waals surface area (Å²) in [6.45, 7) is 1.94. The van der Waals surface area contributed by atoms with Crippen LogP contribution >= 0.6 is 0 Å². The molecular weight excluding hydrogens is 272 g/mol. The third-order valence-corrected chi connectivity index (χ3v) is 3.99. The summed E-state index contributed by atoms with van der Waals surface area (Å²) in [6, 6.07) is 4.81. The molecule has 21 heavy (non-hydrogen) atoms. The van der Waals surface area contributed by atoms with Crippen molar-refractivity contribution in [3.63, 3.8) is 0 Å². The van der Waals surface area contributed by atoms with Crippen LogP contribution in [-0.4, -0.2) is 28.1 Å². The van der Waals surface area contributed by atoms with E-state index in [9.17, 15) is 19.7 Å². The van der Waals surface area contributed by atoms with Crippen molar-refractivity contribution in [2.45, 2.75) is 26.2 Å². The fourth-order valence-electron chi connectivity index (χ4n) is 3.12. The first-order valence-corrected chi connectivity index (χ1v) is 6.82. The number of hydrogen-bond acceptors (Lipinski definition) is 4. The van der Waals surface area contributed by atoms with E-state index in [4.69, 9.17) is 0 Å². The number of nitrogens with zero attached hydrogens (tertiary/aromatic N) is 2. The molecule has 0 unspecified atom stereocenters.